The van der Waals surface area contributed by atoms with Gasteiger partial charge in [-0.25, -0.2) is 8.42 Å². The van der Waals surface area contributed by atoms with E-state index in [0.29, 0.717) is 18.7 Å². The van der Waals surface area contributed by atoms with E-state index in [-0.39, 0.29) is 10.5 Å². The molecule has 0 atom stereocenters. The van der Waals surface area contributed by atoms with Gasteiger partial charge in [-0.2, -0.15) is 0 Å². The normalized spacial score (nSPS) is 14.0. The Bertz CT molecular complexity index is 815. The van der Waals surface area contributed by atoms with E-state index in [0.717, 1.165) is 5.56 Å². The third-order valence-corrected chi connectivity index (χ3v) is 5.36. The van der Waals surface area contributed by atoms with Crippen LogP contribution in [0.3, 0.4) is 0 Å². The van der Waals surface area contributed by atoms with Crippen molar-refractivity contribution in [1.82, 2.24) is 0 Å². The molecule has 2 aromatic carbocycles. The summed E-state index contributed by atoms with van der Waals surface area (Å²) >= 11 is 0. The number of nitrogens with zero attached hydrogens (tertiary/aromatic N) is 1. The summed E-state index contributed by atoms with van der Waals surface area (Å²) in [4.78, 5) is 11.3. The van der Waals surface area contributed by atoms with Gasteiger partial charge in [-0.3, -0.25) is 9.10 Å². The van der Waals surface area contributed by atoms with Gasteiger partial charge in [0, 0.05) is 12.1 Å². The van der Waals surface area contributed by atoms with Crippen LogP contribution in [-0.2, 0) is 16.4 Å². The molecule has 0 radical (unpaired) electrons. The fraction of sp³-hybridized carbons (Fsp3) is 0.133. The summed E-state index contributed by atoms with van der Waals surface area (Å²) in [5.41, 5.74) is 7.10. The fourth-order valence-electron chi connectivity index (χ4n) is 2.49. The maximum atomic E-state index is 12.7. The Morgan fingerprint density at radius 2 is 1.86 bits per heavy atom. The Kier molecular flexibility index (Phi) is 3.17. The van der Waals surface area contributed by atoms with E-state index in [1.54, 1.807) is 6.07 Å². The molecular formula is C15H14N2O3S. The van der Waals surface area contributed by atoms with Crippen molar-refractivity contribution in [1.29, 1.82) is 0 Å². The van der Waals surface area contributed by atoms with Crippen molar-refractivity contribution in [3.05, 3.63) is 59.7 Å². The first kappa shape index (κ1) is 13.6. The van der Waals surface area contributed by atoms with Gasteiger partial charge in [0.1, 0.15) is 0 Å². The zero-order valence-electron chi connectivity index (χ0n) is 11.2. The topological polar surface area (TPSA) is 80.5 Å². The van der Waals surface area contributed by atoms with Crippen molar-refractivity contribution in [2.45, 2.75) is 11.3 Å². The number of benzene rings is 2. The van der Waals surface area contributed by atoms with Crippen LogP contribution in [0.5, 0.6) is 0 Å². The molecule has 0 saturated carbocycles. The highest BCUT2D eigenvalue weighted by molar-refractivity contribution is 7.92. The molecule has 0 bridgehead atoms. The van der Waals surface area contributed by atoms with Gasteiger partial charge < -0.3 is 5.73 Å². The van der Waals surface area contributed by atoms with Gasteiger partial charge in [-0.1, -0.05) is 24.3 Å². The molecule has 0 unspecified atom stereocenters. The zero-order chi connectivity index (χ0) is 15.0. The standard InChI is InChI=1S/C15H14N2O3S/c16-15(18)12-5-3-6-13(10-12)21(19,20)17-9-8-11-4-1-2-7-14(11)17/h1-7,10H,8-9H2,(H2,16,18). The lowest BCUT2D eigenvalue weighted by Gasteiger charge is -2.19. The number of hydrogen-bond acceptors (Lipinski definition) is 3. The smallest absolute Gasteiger partial charge is 0.264 e. The average Bonchev–Trinajstić information content (AvgIpc) is 2.92. The predicted octanol–water partition coefficient (Wildman–Crippen LogP) is 1.54. The molecule has 0 aliphatic carbocycles. The molecule has 1 aliphatic rings. The predicted molar refractivity (Wildman–Crippen MR) is 79.6 cm³/mol. The Morgan fingerprint density at radius 1 is 1.10 bits per heavy atom. The van der Waals surface area contributed by atoms with Gasteiger partial charge in [-0.05, 0) is 36.2 Å². The summed E-state index contributed by atoms with van der Waals surface area (Å²) in [7, 11) is -3.68. The number of anilines is 1. The summed E-state index contributed by atoms with van der Waals surface area (Å²) in [6.45, 7) is 0.405. The molecule has 0 aromatic heterocycles. The lowest BCUT2D eigenvalue weighted by atomic mass is 10.2. The van der Waals surface area contributed by atoms with Crippen LogP contribution in [0.15, 0.2) is 53.4 Å². The van der Waals surface area contributed by atoms with Crippen LogP contribution in [0.4, 0.5) is 5.69 Å². The molecule has 0 saturated heterocycles. The van der Waals surface area contributed by atoms with Crippen LogP contribution >= 0.6 is 0 Å². The second kappa shape index (κ2) is 4.89. The summed E-state index contributed by atoms with van der Waals surface area (Å²) in [6, 6.07) is 13.2. The maximum absolute atomic E-state index is 12.7. The highest BCUT2D eigenvalue weighted by atomic mass is 32.2. The third kappa shape index (κ3) is 2.27. The number of carbonyl (C=O) groups excluding carboxylic acids is 1. The van der Waals surface area contributed by atoms with E-state index in [2.05, 4.69) is 0 Å². The average molecular weight is 302 g/mol. The quantitative estimate of drug-likeness (QED) is 0.933. The number of para-hydroxylation sites is 1. The largest absolute Gasteiger partial charge is 0.366 e. The minimum absolute atomic E-state index is 0.0792. The Labute approximate surface area is 123 Å². The first-order chi connectivity index (χ1) is 10.00. The second-order valence-corrected chi connectivity index (χ2v) is 6.71. The van der Waals surface area contributed by atoms with E-state index >= 15 is 0 Å². The molecule has 21 heavy (non-hydrogen) atoms. The molecular weight excluding hydrogens is 288 g/mol. The Hall–Kier alpha value is -2.34. The van der Waals surface area contributed by atoms with Gasteiger partial charge in [0.2, 0.25) is 5.91 Å². The maximum Gasteiger partial charge on any atom is 0.264 e. The molecule has 108 valence electrons. The number of carbonyl (C=O) groups is 1. The number of nitrogens with two attached hydrogens (primary N) is 1. The van der Waals surface area contributed by atoms with Crippen molar-refractivity contribution < 1.29 is 13.2 Å². The minimum atomic E-state index is -3.68. The fourth-order valence-corrected chi connectivity index (χ4v) is 4.04. The number of rotatable bonds is 3. The van der Waals surface area contributed by atoms with Crippen LogP contribution in [0.2, 0.25) is 0 Å². The van der Waals surface area contributed by atoms with Crippen LogP contribution in [0.1, 0.15) is 15.9 Å². The van der Waals surface area contributed by atoms with Gasteiger partial charge in [0.25, 0.3) is 10.0 Å². The SMILES string of the molecule is NC(=O)c1cccc(S(=O)(=O)N2CCc3ccccc32)c1. The summed E-state index contributed by atoms with van der Waals surface area (Å²) in [5.74, 6) is -0.645. The van der Waals surface area contributed by atoms with Crippen molar-refractivity contribution in [3.63, 3.8) is 0 Å². The van der Waals surface area contributed by atoms with Gasteiger partial charge in [0.15, 0.2) is 0 Å². The number of amides is 1. The third-order valence-electron chi connectivity index (χ3n) is 3.55. The molecule has 2 N–H and O–H groups in total. The Balaban J connectivity index is 2.06. The van der Waals surface area contributed by atoms with E-state index in [9.17, 15) is 13.2 Å². The van der Waals surface area contributed by atoms with E-state index in [1.807, 2.05) is 18.2 Å². The first-order valence-electron chi connectivity index (χ1n) is 6.50. The van der Waals surface area contributed by atoms with E-state index in [4.69, 9.17) is 5.73 Å². The number of primary amides is 1. The molecule has 2 aromatic rings. The number of hydrogen-bond donors (Lipinski definition) is 1. The monoisotopic (exact) mass is 302 g/mol. The minimum Gasteiger partial charge on any atom is -0.366 e. The Morgan fingerprint density at radius 3 is 2.62 bits per heavy atom. The molecule has 0 fully saturated rings. The molecule has 5 nitrogen and oxygen atoms in total. The van der Waals surface area contributed by atoms with Crippen molar-refractivity contribution in [2.24, 2.45) is 5.73 Å². The molecule has 6 heteroatoms. The lowest BCUT2D eigenvalue weighted by Crippen LogP contribution is -2.29. The first-order valence-corrected chi connectivity index (χ1v) is 7.94. The zero-order valence-corrected chi connectivity index (χ0v) is 12.0. The van der Waals surface area contributed by atoms with Crippen molar-refractivity contribution in [3.8, 4) is 0 Å². The van der Waals surface area contributed by atoms with Crippen LogP contribution in [0, 0.1) is 0 Å². The lowest BCUT2D eigenvalue weighted by molar-refractivity contribution is 0.1000. The van der Waals surface area contributed by atoms with Gasteiger partial charge in [0.05, 0.1) is 10.6 Å². The molecule has 1 heterocycles. The van der Waals surface area contributed by atoms with E-state index in [1.165, 1.54) is 28.6 Å². The van der Waals surface area contributed by atoms with Gasteiger partial charge >= 0.3 is 0 Å². The molecule has 1 aliphatic heterocycles. The molecule has 3 rings (SSSR count). The highest BCUT2D eigenvalue weighted by Crippen LogP contribution is 2.32. The van der Waals surface area contributed by atoms with Crippen LogP contribution < -0.4 is 10.0 Å². The summed E-state index contributed by atoms with van der Waals surface area (Å²) in [5, 5.41) is 0. The van der Waals surface area contributed by atoms with Crippen molar-refractivity contribution in [2.75, 3.05) is 10.8 Å². The van der Waals surface area contributed by atoms with Crippen molar-refractivity contribution >= 4 is 21.6 Å². The van der Waals surface area contributed by atoms with Crippen LogP contribution in [-0.4, -0.2) is 20.9 Å². The second-order valence-electron chi connectivity index (χ2n) is 4.85. The molecule has 1 amide bonds. The molecule has 0 spiro atoms. The van der Waals surface area contributed by atoms with Crippen LogP contribution in [0.25, 0.3) is 0 Å². The number of fused-ring (bicyclic) bond motifs is 1. The van der Waals surface area contributed by atoms with E-state index < -0.39 is 15.9 Å². The summed E-state index contributed by atoms with van der Waals surface area (Å²) < 4.78 is 26.9. The number of sulfonamides is 1. The van der Waals surface area contributed by atoms with Gasteiger partial charge in [-0.15, -0.1) is 0 Å². The highest BCUT2D eigenvalue weighted by Gasteiger charge is 2.30. The summed E-state index contributed by atoms with van der Waals surface area (Å²) in [6.07, 6.45) is 0.685.